The monoisotopic (exact) mass is 237 g/mol. The maximum absolute atomic E-state index is 10.7. The van der Waals surface area contributed by atoms with Gasteiger partial charge in [-0.2, -0.15) is 0 Å². The fraction of sp³-hybridized carbons (Fsp3) is 0.583. The lowest BCUT2D eigenvalue weighted by Crippen LogP contribution is -2.23. The number of aromatic nitrogens is 1. The molecule has 1 N–H and O–H groups in total. The zero-order valence-corrected chi connectivity index (χ0v) is 10.7. The normalized spacial score (nSPS) is 14.1. The molecule has 0 bridgehead atoms. The molecule has 5 heteroatoms. The van der Waals surface area contributed by atoms with Crippen molar-refractivity contribution >= 4 is 11.5 Å². The highest BCUT2D eigenvalue weighted by Gasteiger charge is 2.14. The Hall–Kier alpha value is -1.65. The van der Waals surface area contributed by atoms with Gasteiger partial charge in [0.1, 0.15) is 12.0 Å². The van der Waals surface area contributed by atoms with E-state index in [0.29, 0.717) is 23.3 Å². The highest BCUT2D eigenvalue weighted by Crippen LogP contribution is 2.20. The molecule has 1 rings (SSSR count). The second-order valence-corrected chi connectivity index (χ2v) is 4.43. The highest BCUT2D eigenvalue weighted by atomic mass is 16.6. The third-order valence-electron chi connectivity index (χ3n) is 3.15. The van der Waals surface area contributed by atoms with Crippen LogP contribution < -0.4 is 5.32 Å². The van der Waals surface area contributed by atoms with Gasteiger partial charge in [0, 0.05) is 11.6 Å². The molecule has 0 aliphatic rings. The zero-order valence-electron chi connectivity index (χ0n) is 10.7. The van der Waals surface area contributed by atoms with Crippen molar-refractivity contribution in [2.75, 3.05) is 5.32 Å². The van der Waals surface area contributed by atoms with Crippen molar-refractivity contribution in [3.8, 4) is 0 Å². The van der Waals surface area contributed by atoms with Crippen molar-refractivity contribution < 1.29 is 4.92 Å². The summed E-state index contributed by atoms with van der Waals surface area (Å²) in [5.74, 6) is 1.23. The Morgan fingerprint density at radius 3 is 2.65 bits per heavy atom. The van der Waals surface area contributed by atoms with E-state index in [2.05, 4.69) is 31.1 Å². The van der Waals surface area contributed by atoms with Gasteiger partial charge in [-0.15, -0.1) is 0 Å². The van der Waals surface area contributed by atoms with Crippen LogP contribution in [0.1, 0.15) is 32.8 Å². The zero-order chi connectivity index (χ0) is 13.0. The molecule has 1 aromatic heterocycles. The van der Waals surface area contributed by atoms with Gasteiger partial charge in [0.15, 0.2) is 0 Å². The lowest BCUT2D eigenvalue weighted by atomic mass is 10.0. The van der Waals surface area contributed by atoms with Crippen molar-refractivity contribution in [2.45, 2.75) is 40.2 Å². The van der Waals surface area contributed by atoms with Gasteiger partial charge in [-0.1, -0.05) is 20.3 Å². The first-order valence-electron chi connectivity index (χ1n) is 5.83. The molecule has 0 saturated heterocycles. The van der Waals surface area contributed by atoms with Gasteiger partial charge in [-0.05, 0) is 25.8 Å². The van der Waals surface area contributed by atoms with Crippen molar-refractivity contribution in [3.63, 3.8) is 0 Å². The summed E-state index contributed by atoms with van der Waals surface area (Å²) in [5, 5.41) is 13.9. The molecule has 17 heavy (non-hydrogen) atoms. The average molecular weight is 237 g/mol. The summed E-state index contributed by atoms with van der Waals surface area (Å²) in [4.78, 5) is 14.3. The number of anilines is 1. The van der Waals surface area contributed by atoms with E-state index in [9.17, 15) is 10.1 Å². The van der Waals surface area contributed by atoms with Gasteiger partial charge in [-0.3, -0.25) is 10.1 Å². The van der Waals surface area contributed by atoms with Crippen LogP contribution in [0.3, 0.4) is 0 Å². The average Bonchev–Trinajstić information content (AvgIpc) is 2.27. The number of aryl methyl sites for hydroxylation is 1. The predicted octanol–water partition coefficient (Wildman–Crippen LogP) is 3.14. The summed E-state index contributed by atoms with van der Waals surface area (Å²) in [5.41, 5.74) is 0.690. The second-order valence-electron chi connectivity index (χ2n) is 4.43. The molecule has 0 aromatic carbocycles. The van der Waals surface area contributed by atoms with Gasteiger partial charge in [0.05, 0.1) is 4.92 Å². The number of nitro groups is 1. The lowest BCUT2D eigenvalue weighted by molar-refractivity contribution is -0.385. The summed E-state index contributed by atoms with van der Waals surface area (Å²) < 4.78 is 0. The minimum Gasteiger partial charge on any atom is -0.367 e. The molecular weight excluding hydrogens is 218 g/mol. The van der Waals surface area contributed by atoms with Crippen LogP contribution in [0, 0.1) is 23.0 Å². The van der Waals surface area contributed by atoms with E-state index in [1.165, 1.54) is 6.20 Å². The van der Waals surface area contributed by atoms with Crippen LogP contribution in [0.5, 0.6) is 0 Å². The summed E-state index contributed by atoms with van der Waals surface area (Å²) in [7, 11) is 0. The van der Waals surface area contributed by atoms with Crippen molar-refractivity contribution in [1.82, 2.24) is 4.98 Å². The van der Waals surface area contributed by atoms with Crippen molar-refractivity contribution in [1.29, 1.82) is 0 Å². The molecule has 5 nitrogen and oxygen atoms in total. The first-order valence-corrected chi connectivity index (χ1v) is 5.83. The fourth-order valence-electron chi connectivity index (χ4n) is 1.55. The molecule has 0 saturated carbocycles. The SMILES string of the molecule is CCC(C)C(C)Nc1cc(C)c([N+](=O)[O-])cn1. The summed E-state index contributed by atoms with van der Waals surface area (Å²) in [6, 6.07) is 2.02. The van der Waals surface area contributed by atoms with E-state index < -0.39 is 4.92 Å². The Labute approximate surface area is 101 Å². The minimum absolute atomic E-state index is 0.0618. The number of nitrogens with zero attached hydrogens (tertiary/aromatic N) is 2. The molecule has 2 atom stereocenters. The molecule has 0 radical (unpaired) electrons. The second kappa shape index (κ2) is 5.61. The molecule has 1 aromatic rings. The van der Waals surface area contributed by atoms with Crippen LogP contribution in [-0.4, -0.2) is 15.9 Å². The largest absolute Gasteiger partial charge is 0.367 e. The Bertz CT molecular complexity index is 407. The van der Waals surface area contributed by atoms with Crippen LogP contribution in [0.4, 0.5) is 11.5 Å². The first-order chi connectivity index (χ1) is 7.95. The third-order valence-corrected chi connectivity index (χ3v) is 3.15. The summed E-state index contributed by atoms with van der Waals surface area (Å²) in [6.07, 6.45) is 2.39. The number of hydrogen-bond acceptors (Lipinski definition) is 4. The third kappa shape index (κ3) is 3.41. The Morgan fingerprint density at radius 2 is 2.18 bits per heavy atom. The molecular formula is C12H19N3O2. The van der Waals surface area contributed by atoms with Crippen molar-refractivity contribution in [2.24, 2.45) is 5.92 Å². The quantitative estimate of drug-likeness (QED) is 0.631. The molecule has 0 amide bonds. The molecule has 1 heterocycles. The Morgan fingerprint density at radius 1 is 1.53 bits per heavy atom. The fourth-order valence-corrected chi connectivity index (χ4v) is 1.55. The highest BCUT2D eigenvalue weighted by molar-refractivity contribution is 5.47. The number of nitrogens with one attached hydrogen (secondary N) is 1. The standard InChI is InChI=1S/C12H19N3O2/c1-5-8(2)10(4)14-12-6-9(3)11(7-13-12)15(16)17/h6-8,10H,5H2,1-4H3,(H,13,14). The molecule has 94 valence electrons. The molecule has 0 spiro atoms. The lowest BCUT2D eigenvalue weighted by Gasteiger charge is -2.20. The predicted molar refractivity (Wildman–Crippen MR) is 68.2 cm³/mol. The Kier molecular flexibility index (Phi) is 4.43. The number of pyridine rings is 1. The maximum atomic E-state index is 10.7. The minimum atomic E-state index is -0.412. The topological polar surface area (TPSA) is 68.1 Å². The van der Waals surface area contributed by atoms with Crippen LogP contribution in [-0.2, 0) is 0 Å². The van der Waals surface area contributed by atoms with E-state index in [1.807, 2.05) is 0 Å². The smallest absolute Gasteiger partial charge is 0.290 e. The van der Waals surface area contributed by atoms with E-state index in [-0.39, 0.29) is 5.69 Å². The molecule has 0 aliphatic heterocycles. The summed E-state index contributed by atoms with van der Waals surface area (Å²) in [6.45, 7) is 8.11. The molecule has 2 unspecified atom stereocenters. The molecule has 0 fully saturated rings. The van der Waals surface area contributed by atoms with Crippen molar-refractivity contribution in [3.05, 3.63) is 27.9 Å². The van der Waals surface area contributed by atoms with Gasteiger partial charge in [0.25, 0.3) is 5.69 Å². The summed E-state index contributed by atoms with van der Waals surface area (Å²) >= 11 is 0. The van der Waals surface area contributed by atoms with Gasteiger partial charge < -0.3 is 5.32 Å². The number of rotatable bonds is 5. The van der Waals surface area contributed by atoms with E-state index in [0.717, 1.165) is 6.42 Å². The van der Waals surface area contributed by atoms with E-state index in [1.54, 1.807) is 13.0 Å². The Balaban J connectivity index is 2.81. The van der Waals surface area contributed by atoms with E-state index in [4.69, 9.17) is 0 Å². The van der Waals surface area contributed by atoms with Gasteiger partial charge in [0.2, 0.25) is 0 Å². The van der Waals surface area contributed by atoms with Crippen LogP contribution in [0.25, 0.3) is 0 Å². The van der Waals surface area contributed by atoms with Crippen LogP contribution >= 0.6 is 0 Å². The number of hydrogen-bond donors (Lipinski definition) is 1. The van der Waals surface area contributed by atoms with Gasteiger partial charge in [-0.25, -0.2) is 4.98 Å². The maximum Gasteiger partial charge on any atom is 0.290 e. The first kappa shape index (κ1) is 13.4. The van der Waals surface area contributed by atoms with Crippen LogP contribution in [0.15, 0.2) is 12.3 Å². The molecule has 0 aliphatic carbocycles. The van der Waals surface area contributed by atoms with Gasteiger partial charge >= 0.3 is 0 Å². The van der Waals surface area contributed by atoms with Crippen LogP contribution in [0.2, 0.25) is 0 Å². The van der Waals surface area contributed by atoms with E-state index >= 15 is 0 Å².